The highest BCUT2D eigenvalue weighted by Gasteiger charge is 2.19. The number of anilines is 2. The average molecular weight is 495 g/mol. The maximum atomic E-state index is 12.1. The summed E-state index contributed by atoms with van der Waals surface area (Å²) in [5.74, 6) is 0.999. The van der Waals surface area contributed by atoms with Gasteiger partial charge in [-0.25, -0.2) is 4.98 Å². The Morgan fingerprint density at radius 3 is 2.49 bits per heavy atom. The van der Waals surface area contributed by atoms with Gasteiger partial charge < -0.3 is 10.2 Å². The highest BCUT2D eigenvalue weighted by molar-refractivity contribution is 5.91. The number of carbonyl (C=O) groups excluding carboxylic acids is 1. The van der Waals surface area contributed by atoms with Crippen LogP contribution in [0.4, 0.5) is 11.5 Å². The molecule has 1 N–H and O–H groups in total. The molecule has 0 bridgehead atoms. The van der Waals surface area contributed by atoms with Gasteiger partial charge in [-0.1, -0.05) is 44.0 Å². The van der Waals surface area contributed by atoms with Crippen molar-refractivity contribution in [2.24, 2.45) is 0 Å². The molecule has 190 valence electrons. The number of amides is 1. The number of rotatable bonds is 9. The van der Waals surface area contributed by atoms with Crippen molar-refractivity contribution in [3.8, 4) is 11.1 Å². The van der Waals surface area contributed by atoms with Crippen LogP contribution in [0.3, 0.4) is 0 Å². The number of nitrogens with zero attached hydrogens (tertiary/aromatic N) is 5. The number of nitrogens with one attached hydrogen (secondary N) is 1. The summed E-state index contributed by atoms with van der Waals surface area (Å²) in [5.41, 5.74) is 6.02. The summed E-state index contributed by atoms with van der Waals surface area (Å²) in [4.78, 5) is 30.8. The Balaban J connectivity index is 1.23. The lowest BCUT2D eigenvalue weighted by molar-refractivity contribution is -0.116. The smallest absolute Gasteiger partial charge is 0.224 e. The first-order valence-corrected chi connectivity index (χ1v) is 13.2. The molecule has 2 aromatic carbocycles. The van der Waals surface area contributed by atoms with E-state index in [4.69, 9.17) is 4.98 Å². The Hall–Kier alpha value is -3.84. The lowest BCUT2D eigenvalue weighted by Gasteiger charge is -2.35. The van der Waals surface area contributed by atoms with Crippen LogP contribution < -0.4 is 10.2 Å². The van der Waals surface area contributed by atoms with Crippen LogP contribution in [-0.2, 0) is 11.3 Å². The number of fused-ring (bicyclic) bond motifs is 1. The van der Waals surface area contributed by atoms with Crippen LogP contribution in [0.5, 0.6) is 0 Å². The van der Waals surface area contributed by atoms with Crippen molar-refractivity contribution in [1.29, 1.82) is 0 Å². The van der Waals surface area contributed by atoms with Crippen molar-refractivity contribution < 1.29 is 4.79 Å². The average Bonchev–Trinajstić information content (AvgIpc) is 2.94. The molecule has 7 heteroatoms. The van der Waals surface area contributed by atoms with Crippen molar-refractivity contribution in [2.45, 2.75) is 39.2 Å². The van der Waals surface area contributed by atoms with Crippen LogP contribution in [0.15, 0.2) is 73.2 Å². The molecule has 0 saturated carbocycles. The van der Waals surface area contributed by atoms with Gasteiger partial charge in [-0.2, -0.15) is 0 Å². The number of hydrogen-bond acceptors (Lipinski definition) is 6. The van der Waals surface area contributed by atoms with Crippen molar-refractivity contribution >= 4 is 28.4 Å². The van der Waals surface area contributed by atoms with Gasteiger partial charge in [-0.3, -0.25) is 19.7 Å². The van der Waals surface area contributed by atoms with Crippen LogP contribution in [0.2, 0.25) is 0 Å². The number of aromatic nitrogens is 3. The van der Waals surface area contributed by atoms with E-state index in [0.29, 0.717) is 6.42 Å². The predicted molar refractivity (Wildman–Crippen MR) is 149 cm³/mol. The zero-order chi connectivity index (χ0) is 25.5. The quantitative estimate of drug-likeness (QED) is 0.308. The van der Waals surface area contributed by atoms with Crippen molar-refractivity contribution in [2.75, 3.05) is 36.4 Å². The van der Waals surface area contributed by atoms with E-state index in [1.165, 1.54) is 5.56 Å². The maximum absolute atomic E-state index is 12.1. The Bertz CT molecular complexity index is 1320. The Morgan fingerprint density at radius 2 is 1.73 bits per heavy atom. The molecule has 4 aromatic rings. The first kappa shape index (κ1) is 24.8. The molecular weight excluding hydrogens is 460 g/mol. The van der Waals surface area contributed by atoms with E-state index < -0.39 is 0 Å². The lowest BCUT2D eigenvalue weighted by atomic mass is 10.0. The fourth-order valence-electron chi connectivity index (χ4n) is 4.72. The zero-order valence-corrected chi connectivity index (χ0v) is 21.4. The van der Waals surface area contributed by atoms with Crippen LogP contribution in [-0.4, -0.2) is 51.9 Å². The molecule has 0 unspecified atom stereocenters. The van der Waals surface area contributed by atoms with Gasteiger partial charge in [0.25, 0.3) is 0 Å². The molecule has 2 aromatic heterocycles. The number of pyridine rings is 1. The van der Waals surface area contributed by atoms with Gasteiger partial charge in [0.15, 0.2) is 0 Å². The summed E-state index contributed by atoms with van der Waals surface area (Å²) in [6, 6.07) is 18.3. The number of unbranched alkanes of at least 4 members (excludes halogenated alkanes) is 2. The summed E-state index contributed by atoms with van der Waals surface area (Å²) in [5, 5.41) is 3.00. The van der Waals surface area contributed by atoms with E-state index in [-0.39, 0.29) is 5.91 Å². The van der Waals surface area contributed by atoms with E-state index >= 15 is 0 Å². The molecule has 1 aliphatic rings. The first-order valence-electron chi connectivity index (χ1n) is 13.2. The molecular formula is C30H34N6O. The third-order valence-electron chi connectivity index (χ3n) is 6.86. The molecule has 1 aliphatic heterocycles. The topological polar surface area (TPSA) is 74.2 Å². The van der Waals surface area contributed by atoms with Gasteiger partial charge in [0, 0.05) is 57.2 Å². The minimum Gasteiger partial charge on any atom is -0.353 e. The van der Waals surface area contributed by atoms with Crippen LogP contribution in [0.25, 0.3) is 22.2 Å². The summed E-state index contributed by atoms with van der Waals surface area (Å²) in [6.07, 6.45) is 9.34. The number of benzene rings is 2. The Labute approximate surface area is 218 Å². The second-order valence-electron chi connectivity index (χ2n) is 9.64. The van der Waals surface area contributed by atoms with E-state index in [9.17, 15) is 4.79 Å². The fourth-order valence-corrected chi connectivity index (χ4v) is 4.72. The molecule has 5 rings (SSSR count). The maximum Gasteiger partial charge on any atom is 0.224 e. The molecule has 3 heterocycles. The van der Waals surface area contributed by atoms with Crippen LogP contribution in [0.1, 0.15) is 38.2 Å². The summed E-state index contributed by atoms with van der Waals surface area (Å²) < 4.78 is 0. The summed E-state index contributed by atoms with van der Waals surface area (Å²) in [6.45, 7) is 6.88. The third-order valence-corrected chi connectivity index (χ3v) is 6.86. The normalized spacial score (nSPS) is 14.1. The van der Waals surface area contributed by atoms with Crippen molar-refractivity contribution in [1.82, 2.24) is 19.9 Å². The molecule has 1 fully saturated rings. The molecule has 7 nitrogen and oxygen atoms in total. The summed E-state index contributed by atoms with van der Waals surface area (Å²) in [7, 11) is 0. The Kier molecular flexibility index (Phi) is 8.01. The lowest BCUT2D eigenvalue weighted by Crippen LogP contribution is -2.46. The minimum atomic E-state index is 0.0765. The molecule has 1 amide bonds. The van der Waals surface area contributed by atoms with Gasteiger partial charge >= 0.3 is 0 Å². The highest BCUT2D eigenvalue weighted by atomic mass is 16.1. The second kappa shape index (κ2) is 11.9. The van der Waals surface area contributed by atoms with Gasteiger partial charge in [0.2, 0.25) is 5.91 Å². The third kappa shape index (κ3) is 6.49. The van der Waals surface area contributed by atoms with Crippen LogP contribution in [0, 0.1) is 0 Å². The largest absolute Gasteiger partial charge is 0.353 e. The Morgan fingerprint density at radius 1 is 0.919 bits per heavy atom. The minimum absolute atomic E-state index is 0.0765. The monoisotopic (exact) mass is 494 g/mol. The SMILES string of the molecule is CCCCCC(=O)Nc1ccc(-c2ccc3ncc(N4CCN(Cc5cccnc5)CC4)nc3c2)cc1. The number of carbonyl (C=O) groups is 1. The van der Waals surface area contributed by atoms with Gasteiger partial charge in [0.1, 0.15) is 5.82 Å². The van der Waals surface area contributed by atoms with Gasteiger partial charge in [-0.05, 0) is 53.4 Å². The molecule has 1 saturated heterocycles. The second-order valence-corrected chi connectivity index (χ2v) is 9.64. The van der Waals surface area contributed by atoms with Gasteiger partial charge in [-0.15, -0.1) is 0 Å². The van der Waals surface area contributed by atoms with Crippen molar-refractivity contribution in [3.63, 3.8) is 0 Å². The van der Waals surface area contributed by atoms with Gasteiger partial charge in [0.05, 0.1) is 17.2 Å². The fraction of sp³-hybridized carbons (Fsp3) is 0.333. The van der Waals surface area contributed by atoms with Crippen LogP contribution >= 0.6 is 0 Å². The van der Waals surface area contributed by atoms with E-state index in [2.05, 4.69) is 50.2 Å². The molecule has 37 heavy (non-hydrogen) atoms. The van der Waals surface area contributed by atoms with E-state index in [1.807, 2.05) is 55.0 Å². The first-order chi connectivity index (χ1) is 18.2. The molecule has 0 atom stereocenters. The summed E-state index contributed by atoms with van der Waals surface area (Å²) >= 11 is 0. The number of hydrogen-bond donors (Lipinski definition) is 1. The van der Waals surface area contributed by atoms with Crippen molar-refractivity contribution in [3.05, 3.63) is 78.8 Å². The predicted octanol–water partition coefficient (Wildman–Crippen LogP) is 5.53. The molecule has 0 radical (unpaired) electrons. The number of piperazine rings is 1. The molecule has 0 spiro atoms. The standard InChI is InChI=1S/C30H34N6O/c1-2-3-4-7-30(37)33-26-11-8-24(9-12-26)25-10-13-27-28(19-25)34-29(21-32-27)36-17-15-35(16-18-36)22-23-6-5-14-31-20-23/h5-6,8-14,19-21H,2-4,7,15-18,22H2,1H3,(H,33,37). The molecule has 0 aliphatic carbocycles. The zero-order valence-electron chi connectivity index (χ0n) is 21.4. The van der Waals surface area contributed by atoms with E-state index in [1.54, 1.807) is 0 Å². The van der Waals surface area contributed by atoms with E-state index in [0.717, 1.165) is 85.7 Å². The highest BCUT2D eigenvalue weighted by Crippen LogP contribution is 2.26.